The molecule has 17 heavy (non-hydrogen) atoms. The summed E-state index contributed by atoms with van der Waals surface area (Å²) in [6.45, 7) is 6.56. The van der Waals surface area contributed by atoms with Gasteiger partial charge in [-0.25, -0.2) is 0 Å². The molecule has 0 radical (unpaired) electrons. The number of carbonyl (C=O) groups is 1. The standard InChI is InChI=1S/C15H18O2/c1-15(2,3)12-6-4-11(5-7-12)14-10-13(16)8-9-17-14/h4-9,14H,10H2,1-3H3/t14-/m1/s1. The van der Waals surface area contributed by atoms with E-state index in [4.69, 9.17) is 4.74 Å². The molecule has 1 aromatic carbocycles. The molecule has 2 nitrogen and oxygen atoms in total. The fourth-order valence-corrected chi connectivity index (χ4v) is 1.90. The molecular formula is C15H18O2. The zero-order valence-electron chi connectivity index (χ0n) is 10.6. The molecule has 0 aromatic heterocycles. The van der Waals surface area contributed by atoms with Crippen LogP contribution in [0.5, 0.6) is 0 Å². The molecule has 0 unspecified atom stereocenters. The Kier molecular flexibility index (Phi) is 3.05. The van der Waals surface area contributed by atoms with Crippen molar-refractivity contribution in [3.63, 3.8) is 0 Å². The molecule has 0 fully saturated rings. The first-order valence-corrected chi connectivity index (χ1v) is 5.92. The Balaban J connectivity index is 2.18. The third-order valence-electron chi connectivity index (χ3n) is 3.03. The maximum absolute atomic E-state index is 11.3. The van der Waals surface area contributed by atoms with E-state index in [1.807, 2.05) is 0 Å². The number of rotatable bonds is 1. The van der Waals surface area contributed by atoms with Crippen molar-refractivity contribution in [1.29, 1.82) is 0 Å². The lowest BCUT2D eigenvalue weighted by Crippen LogP contribution is -2.13. The van der Waals surface area contributed by atoms with Crippen molar-refractivity contribution in [3.8, 4) is 0 Å². The molecule has 1 aromatic rings. The van der Waals surface area contributed by atoms with E-state index in [0.717, 1.165) is 5.56 Å². The molecule has 0 saturated carbocycles. The average molecular weight is 230 g/mol. The van der Waals surface area contributed by atoms with E-state index in [9.17, 15) is 4.79 Å². The van der Waals surface area contributed by atoms with E-state index >= 15 is 0 Å². The van der Waals surface area contributed by atoms with Crippen LogP contribution in [-0.2, 0) is 14.9 Å². The molecule has 90 valence electrons. The number of carbonyl (C=O) groups excluding carboxylic acids is 1. The first-order chi connectivity index (χ1) is 7.97. The van der Waals surface area contributed by atoms with Gasteiger partial charge in [-0.15, -0.1) is 0 Å². The maximum atomic E-state index is 11.3. The molecule has 1 heterocycles. The highest BCUT2D eigenvalue weighted by Gasteiger charge is 2.19. The first-order valence-electron chi connectivity index (χ1n) is 5.92. The van der Waals surface area contributed by atoms with Crippen molar-refractivity contribution in [1.82, 2.24) is 0 Å². The summed E-state index contributed by atoms with van der Waals surface area (Å²) < 4.78 is 5.46. The van der Waals surface area contributed by atoms with Crippen molar-refractivity contribution in [2.75, 3.05) is 0 Å². The van der Waals surface area contributed by atoms with Gasteiger partial charge in [0.2, 0.25) is 0 Å². The van der Waals surface area contributed by atoms with Crippen molar-refractivity contribution < 1.29 is 9.53 Å². The zero-order chi connectivity index (χ0) is 12.5. The van der Waals surface area contributed by atoms with E-state index in [2.05, 4.69) is 45.0 Å². The van der Waals surface area contributed by atoms with Crippen LogP contribution in [-0.4, -0.2) is 5.78 Å². The first kappa shape index (κ1) is 11.9. The van der Waals surface area contributed by atoms with Crippen LogP contribution in [0.4, 0.5) is 0 Å². The Labute approximate surface area is 102 Å². The second-order valence-corrected chi connectivity index (χ2v) is 5.47. The minimum absolute atomic E-state index is 0.124. The average Bonchev–Trinajstić information content (AvgIpc) is 2.28. The van der Waals surface area contributed by atoms with Crippen LogP contribution in [0, 0.1) is 0 Å². The minimum atomic E-state index is -0.124. The summed E-state index contributed by atoms with van der Waals surface area (Å²) in [5.41, 5.74) is 2.51. The van der Waals surface area contributed by atoms with Crippen LogP contribution < -0.4 is 0 Å². The third-order valence-corrected chi connectivity index (χ3v) is 3.03. The van der Waals surface area contributed by atoms with Gasteiger partial charge in [-0.1, -0.05) is 45.0 Å². The highest BCUT2D eigenvalue weighted by molar-refractivity contribution is 5.90. The van der Waals surface area contributed by atoms with Gasteiger partial charge < -0.3 is 4.74 Å². The normalized spacial score (nSPS) is 20.2. The summed E-state index contributed by atoms with van der Waals surface area (Å²) in [4.78, 5) is 11.3. The van der Waals surface area contributed by atoms with Gasteiger partial charge in [0, 0.05) is 6.08 Å². The second-order valence-electron chi connectivity index (χ2n) is 5.47. The number of hydrogen-bond acceptors (Lipinski definition) is 2. The lowest BCUT2D eigenvalue weighted by atomic mass is 9.86. The second kappa shape index (κ2) is 4.36. The summed E-state index contributed by atoms with van der Waals surface area (Å²) in [6.07, 6.45) is 3.29. The Morgan fingerprint density at radius 1 is 1.18 bits per heavy atom. The molecule has 0 bridgehead atoms. The summed E-state index contributed by atoms with van der Waals surface area (Å²) in [5, 5.41) is 0. The number of ketones is 1. The SMILES string of the molecule is CC(C)(C)c1ccc([C@H]2CC(=O)C=CO2)cc1. The molecule has 1 aliphatic rings. The highest BCUT2D eigenvalue weighted by atomic mass is 16.5. The molecule has 1 aliphatic heterocycles. The van der Waals surface area contributed by atoms with E-state index in [0.29, 0.717) is 6.42 Å². The number of hydrogen-bond donors (Lipinski definition) is 0. The lowest BCUT2D eigenvalue weighted by Gasteiger charge is -2.22. The Bertz CT molecular complexity index is 435. The Morgan fingerprint density at radius 2 is 1.82 bits per heavy atom. The van der Waals surface area contributed by atoms with Crippen LogP contribution >= 0.6 is 0 Å². The highest BCUT2D eigenvalue weighted by Crippen LogP contribution is 2.28. The predicted molar refractivity (Wildman–Crippen MR) is 67.7 cm³/mol. The lowest BCUT2D eigenvalue weighted by molar-refractivity contribution is -0.118. The van der Waals surface area contributed by atoms with E-state index in [1.54, 1.807) is 0 Å². The van der Waals surface area contributed by atoms with E-state index < -0.39 is 0 Å². The zero-order valence-corrected chi connectivity index (χ0v) is 10.6. The molecule has 0 saturated heterocycles. The van der Waals surface area contributed by atoms with Gasteiger partial charge >= 0.3 is 0 Å². The van der Waals surface area contributed by atoms with Gasteiger partial charge in [0.1, 0.15) is 6.10 Å². The van der Waals surface area contributed by atoms with Crippen molar-refractivity contribution in [2.45, 2.75) is 38.7 Å². The summed E-state index contributed by atoms with van der Waals surface area (Å²) in [5.74, 6) is 0.126. The van der Waals surface area contributed by atoms with Crippen LogP contribution in [0.3, 0.4) is 0 Å². The van der Waals surface area contributed by atoms with E-state index in [1.165, 1.54) is 17.9 Å². The minimum Gasteiger partial charge on any atom is -0.493 e. The third kappa shape index (κ3) is 2.76. The summed E-state index contributed by atoms with van der Waals surface area (Å²) in [7, 11) is 0. The van der Waals surface area contributed by atoms with Gasteiger partial charge in [0.05, 0.1) is 12.7 Å². The maximum Gasteiger partial charge on any atom is 0.162 e. The fourth-order valence-electron chi connectivity index (χ4n) is 1.90. The van der Waals surface area contributed by atoms with Gasteiger partial charge in [-0.3, -0.25) is 4.79 Å². The van der Waals surface area contributed by atoms with Gasteiger partial charge in [0.25, 0.3) is 0 Å². The van der Waals surface area contributed by atoms with Crippen molar-refractivity contribution in [2.24, 2.45) is 0 Å². The van der Waals surface area contributed by atoms with Gasteiger partial charge in [0.15, 0.2) is 5.78 Å². The number of benzene rings is 1. The largest absolute Gasteiger partial charge is 0.493 e. The summed E-state index contributed by atoms with van der Waals surface area (Å²) in [6, 6.07) is 8.33. The predicted octanol–water partition coefficient (Wildman–Crippen LogP) is 3.53. The van der Waals surface area contributed by atoms with Crippen LogP contribution in [0.15, 0.2) is 36.6 Å². The van der Waals surface area contributed by atoms with Crippen molar-refractivity contribution >= 4 is 5.78 Å². The van der Waals surface area contributed by atoms with E-state index in [-0.39, 0.29) is 17.3 Å². The molecule has 1 atom stereocenters. The van der Waals surface area contributed by atoms with Gasteiger partial charge in [-0.05, 0) is 16.5 Å². The molecule has 0 N–H and O–H groups in total. The molecule has 0 spiro atoms. The molecule has 2 rings (SSSR count). The number of allylic oxidation sites excluding steroid dienone is 1. The summed E-state index contributed by atoms with van der Waals surface area (Å²) >= 11 is 0. The van der Waals surface area contributed by atoms with Gasteiger partial charge in [-0.2, -0.15) is 0 Å². The smallest absolute Gasteiger partial charge is 0.162 e. The Hall–Kier alpha value is -1.57. The van der Waals surface area contributed by atoms with Crippen LogP contribution in [0.25, 0.3) is 0 Å². The molecule has 2 heteroatoms. The molecule has 0 aliphatic carbocycles. The number of ether oxygens (including phenoxy) is 1. The topological polar surface area (TPSA) is 26.3 Å². The van der Waals surface area contributed by atoms with Crippen LogP contribution in [0.1, 0.15) is 44.4 Å². The van der Waals surface area contributed by atoms with Crippen molar-refractivity contribution in [3.05, 3.63) is 47.7 Å². The Morgan fingerprint density at radius 3 is 2.35 bits per heavy atom. The quantitative estimate of drug-likeness (QED) is 0.737. The molecular weight excluding hydrogens is 212 g/mol. The fraction of sp³-hybridized carbons (Fsp3) is 0.400. The monoisotopic (exact) mass is 230 g/mol. The molecule has 0 amide bonds. The van der Waals surface area contributed by atoms with Crippen LogP contribution in [0.2, 0.25) is 0 Å².